The molecule has 1 saturated carbocycles. The Hall–Kier alpha value is -3.34. The van der Waals surface area contributed by atoms with Gasteiger partial charge < -0.3 is 0 Å². The molecule has 1 aliphatic carbocycles. The fraction of sp³-hybridized carbons (Fsp3) is 0.417. The molecular weight excluding hydrogens is 457 g/mol. The normalized spacial score (nSPS) is 14.8. The number of carbonyl (C=O) groups is 1. The van der Waals surface area contributed by atoms with Crippen LogP contribution in [0.1, 0.15) is 45.6 Å². The zero-order chi connectivity index (χ0) is 25.2. The first-order valence-electron chi connectivity index (χ1n) is 11.5. The number of para-hydroxylation sites is 1. The number of nitrogens with one attached hydrogen (secondary N) is 1. The summed E-state index contributed by atoms with van der Waals surface area (Å²) in [6, 6.07) is 5.18. The van der Waals surface area contributed by atoms with Gasteiger partial charge in [-0.15, -0.1) is 0 Å². The number of hydrogen-bond acceptors (Lipinski definition) is 5. The van der Waals surface area contributed by atoms with E-state index >= 15 is 0 Å². The van der Waals surface area contributed by atoms with Crippen LogP contribution in [0.4, 0.5) is 14.4 Å². The Kier molecular flexibility index (Phi) is 7.16. The molecule has 4 rings (SSSR count). The second-order valence-electron chi connectivity index (χ2n) is 9.55. The second kappa shape index (κ2) is 10.1. The summed E-state index contributed by atoms with van der Waals surface area (Å²) in [4.78, 5) is 26.1. The predicted molar refractivity (Wildman–Crippen MR) is 127 cm³/mol. The van der Waals surface area contributed by atoms with E-state index in [1.165, 1.54) is 6.07 Å². The molecule has 1 atom stereocenters. The summed E-state index contributed by atoms with van der Waals surface area (Å²) in [6.45, 7) is 3.72. The van der Waals surface area contributed by atoms with Crippen molar-refractivity contribution in [1.82, 2.24) is 14.3 Å². The van der Waals surface area contributed by atoms with E-state index in [-0.39, 0.29) is 5.75 Å². The van der Waals surface area contributed by atoms with Crippen molar-refractivity contribution in [3.05, 3.63) is 64.7 Å². The van der Waals surface area contributed by atoms with E-state index < -0.39 is 40.5 Å². The molecule has 1 unspecified atom stereocenters. The molecule has 0 bridgehead atoms. The molecule has 2 heterocycles. The van der Waals surface area contributed by atoms with Crippen molar-refractivity contribution < 1.29 is 23.4 Å². The fourth-order valence-corrected chi connectivity index (χ4v) is 4.04. The maximum absolute atomic E-state index is 13.9. The molecular formula is C24H27BF2N4O4. The quantitative estimate of drug-likeness (QED) is 0.484. The zero-order valence-corrected chi connectivity index (χ0v) is 19.6. The van der Waals surface area contributed by atoms with E-state index in [4.69, 9.17) is 4.74 Å². The van der Waals surface area contributed by atoms with Gasteiger partial charge in [0.1, 0.15) is 0 Å². The van der Waals surface area contributed by atoms with Crippen molar-refractivity contribution in [3.63, 3.8) is 0 Å². The number of hydrogen-bond donors (Lipinski definition) is 2. The summed E-state index contributed by atoms with van der Waals surface area (Å²) in [7, 11) is 1.70. The molecule has 2 N–H and O–H groups in total. The molecule has 3 aromatic rings. The van der Waals surface area contributed by atoms with Gasteiger partial charge in [0.2, 0.25) is 0 Å². The Labute approximate surface area is 201 Å². The van der Waals surface area contributed by atoms with Crippen molar-refractivity contribution in [3.8, 4) is 11.5 Å². The number of carbonyl (C=O) groups excluding carboxylic acids is 1. The van der Waals surface area contributed by atoms with Gasteiger partial charge in [0.25, 0.3) is 0 Å². The maximum atomic E-state index is 13.9. The molecule has 8 nitrogen and oxygen atoms in total. The fourth-order valence-electron chi connectivity index (χ4n) is 4.04. The first-order valence-corrected chi connectivity index (χ1v) is 11.5. The van der Waals surface area contributed by atoms with Crippen LogP contribution in [-0.2, 0) is 11.3 Å². The number of halogens is 2. The number of rotatable bonds is 9. The third-order valence-electron chi connectivity index (χ3n) is 5.91. The monoisotopic (exact) mass is 484 g/mol. The van der Waals surface area contributed by atoms with E-state index in [0.29, 0.717) is 24.5 Å². The summed E-state index contributed by atoms with van der Waals surface area (Å²) in [5.41, 5.74) is -1.01. The van der Waals surface area contributed by atoms with Gasteiger partial charge in [-0.05, 0) is 0 Å². The molecule has 35 heavy (non-hydrogen) atoms. The van der Waals surface area contributed by atoms with E-state index in [1.54, 1.807) is 37.6 Å². The van der Waals surface area contributed by atoms with Crippen LogP contribution >= 0.6 is 0 Å². The van der Waals surface area contributed by atoms with Gasteiger partial charge in [-0.3, -0.25) is 0 Å². The first-order chi connectivity index (χ1) is 16.6. The third kappa shape index (κ3) is 6.22. The molecule has 2 aromatic heterocycles. The average Bonchev–Trinajstić information content (AvgIpc) is 3.15. The molecule has 1 fully saturated rings. The number of nitrogens with zero attached hydrogens (tertiary/aromatic N) is 3. The molecule has 1 aromatic carbocycles. The van der Waals surface area contributed by atoms with Crippen LogP contribution in [0.2, 0.25) is 0 Å². The summed E-state index contributed by atoms with van der Waals surface area (Å²) in [6.07, 6.45) is 6.34. The molecule has 0 spiro atoms. The number of ether oxygens (including phenoxy) is 1. The van der Waals surface area contributed by atoms with Crippen LogP contribution in [0.15, 0.2) is 47.5 Å². The Morgan fingerprint density at radius 1 is 1.31 bits per heavy atom. The van der Waals surface area contributed by atoms with Crippen molar-refractivity contribution in [2.45, 2.75) is 57.7 Å². The van der Waals surface area contributed by atoms with Gasteiger partial charge in [0.05, 0.1) is 0 Å². The Morgan fingerprint density at radius 3 is 2.63 bits per heavy atom. The number of aliphatic hydroxyl groups is 1. The average molecular weight is 484 g/mol. The molecule has 11 heteroatoms. The molecule has 1 aliphatic rings. The van der Waals surface area contributed by atoms with Crippen LogP contribution in [0, 0.1) is 17.6 Å². The number of amides is 1. The van der Waals surface area contributed by atoms with Gasteiger partial charge in [-0.1, -0.05) is 6.07 Å². The molecule has 0 radical (unpaired) electrons. The Balaban J connectivity index is 1.54. The van der Waals surface area contributed by atoms with Crippen molar-refractivity contribution >= 4 is 18.5 Å². The van der Waals surface area contributed by atoms with Gasteiger partial charge in [-0.25, -0.2) is 0 Å². The Morgan fingerprint density at radius 2 is 2.03 bits per heavy atom. The van der Waals surface area contributed by atoms with Gasteiger partial charge in [0.15, 0.2) is 0 Å². The number of aromatic nitrogens is 3. The molecule has 184 valence electrons. The summed E-state index contributed by atoms with van der Waals surface area (Å²) in [5, 5.41) is 16.9. The minimum absolute atomic E-state index is 0.137. The van der Waals surface area contributed by atoms with Gasteiger partial charge >= 0.3 is 195 Å². The number of benzene rings is 1. The summed E-state index contributed by atoms with van der Waals surface area (Å²) < 4.78 is 35.9. The van der Waals surface area contributed by atoms with E-state index in [1.807, 2.05) is 0 Å². The van der Waals surface area contributed by atoms with Crippen LogP contribution in [0.3, 0.4) is 0 Å². The Bertz CT molecular complexity index is 1250. The molecule has 1 amide bonds. The van der Waals surface area contributed by atoms with Gasteiger partial charge in [0, 0.05) is 0 Å². The second-order valence-corrected chi connectivity index (χ2v) is 9.55. The van der Waals surface area contributed by atoms with Crippen LogP contribution in [0.5, 0.6) is 11.5 Å². The standard InChI is InChI=1S/C24H27BF2N4O4/c1-24(2,34)14-30-10-9-20(25-30)29-23(33)19(11-15-5-3-6-15)31-21(32)12-16(13-28-31)35-22-17(26)7-4-8-18(22)27/h4,7-10,12-13,15,19,34H,3,5-6,11,14H2,1-2H3,(H,29,33). The topological polar surface area (TPSA) is 98.4 Å². The van der Waals surface area contributed by atoms with E-state index in [0.717, 1.165) is 48.3 Å². The third-order valence-corrected chi connectivity index (χ3v) is 5.91. The molecule has 0 aliphatic heterocycles. The van der Waals surface area contributed by atoms with Crippen molar-refractivity contribution in [2.24, 2.45) is 5.92 Å². The zero-order valence-electron chi connectivity index (χ0n) is 19.6. The predicted octanol–water partition coefficient (Wildman–Crippen LogP) is 3.59. The van der Waals surface area contributed by atoms with E-state index in [9.17, 15) is 23.5 Å². The van der Waals surface area contributed by atoms with Crippen LogP contribution < -0.4 is 15.6 Å². The summed E-state index contributed by atoms with van der Waals surface area (Å²) >= 11 is 0. The number of anilines is 1. The van der Waals surface area contributed by atoms with Crippen LogP contribution in [-0.4, -0.2) is 37.9 Å². The summed E-state index contributed by atoms with van der Waals surface area (Å²) in [5.74, 6) is -2.70. The first kappa shape index (κ1) is 24.8. The minimum atomic E-state index is -0.917. The SMILES string of the molecule is CC(C)(O)Cn1bc(NC(=O)C(CC2CCC2)n2ncc(Oc3c(F)cccc3F)cc2=O)cc1. The van der Waals surface area contributed by atoms with Crippen LogP contribution in [0.25, 0.3) is 0 Å². The molecule has 0 saturated heterocycles. The van der Waals surface area contributed by atoms with Crippen molar-refractivity contribution in [2.75, 3.05) is 5.32 Å². The van der Waals surface area contributed by atoms with Crippen molar-refractivity contribution in [1.29, 1.82) is 0 Å². The van der Waals surface area contributed by atoms with Gasteiger partial charge in [-0.2, -0.15) is 0 Å². The van der Waals surface area contributed by atoms with E-state index in [2.05, 4.69) is 10.4 Å².